The van der Waals surface area contributed by atoms with Crippen LogP contribution in [0.15, 0.2) is 14.3 Å². The molecule has 2 heterocycles. The molecule has 7 heteroatoms. The van der Waals surface area contributed by atoms with Gasteiger partial charge in [0.15, 0.2) is 0 Å². The highest BCUT2D eigenvalue weighted by molar-refractivity contribution is 9.13. The quantitative estimate of drug-likeness (QED) is 0.701. The van der Waals surface area contributed by atoms with Gasteiger partial charge in [-0.05, 0) is 57.2 Å². The second-order valence-electron chi connectivity index (χ2n) is 4.27. The van der Waals surface area contributed by atoms with Crippen molar-refractivity contribution < 1.29 is 14.3 Å². The Bertz CT molecular complexity index is 484. The monoisotopic (exact) mass is 409 g/mol. The summed E-state index contributed by atoms with van der Waals surface area (Å²) in [6.07, 6.45) is 2.54. The van der Waals surface area contributed by atoms with E-state index in [4.69, 9.17) is 4.74 Å². The molecule has 1 aliphatic heterocycles. The van der Waals surface area contributed by atoms with Crippen molar-refractivity contribution in [1.82, 2.24) is 4.90 Å². The average molecular weight is 411 g/mol. The van der Waals surface area contributed by atoms with Crippen LogP contribution in [0.1, 0.15) is 28.9 Å². The van der Waals surface area contributed by atoms with Crippen LogP contribution in [-0.2, 0) is 9.53 Å². The van der Waals surface area contributed by atoms with Crippen molar-refractivity contribution in [3.8, 4) is 0 Å². The summed E-state index contributed by atoms with van der Waals surface area (Å²) in [6, 6.07) is 1.32. The van der Waals surface area contributed by atoms with E-state index in [0.29, 0.717) is 17.8 Å². The molecule has 0 bridgehead atoms. The maximum absolute atomic E-state index is 12.5. The van der Waals surface area contributed by atoms with Gasteiger partial charge in [-0.25, -0.2) is 4.79 Å². The van der Waals surface area contributed by atoms with E-state index < -0.39 is 6.04 Å². The molecule has 1 unspecified atom stereocenters. The van der Waals surface area contributed by atoms with Crippen molar-refractivity contribution in [1.29, 1.82) is 0 Å². The summed E-state index contributed by atoms with van der Waals surface area (Å²) in [6.45, 7) is 0.603. The number of rotatable bonds is 2. The van der Waals surface area contributed by atoms with Crippen LogP contribution >= 0.6 is 43.2 Å². The number of nitrogens with zero attached hydrogens (tertiary/aromatic N) is 1. The molecule has 1 saturated heterocycles. The van der Waals surface area contributed by atoms with E-state index in [2.05, 4.69) is 31.9 Å². The fourth-order valence-electron chi connectivity index (χ4n) is 2.15. The number of carbonyl (C=O) groups is 2. The highest BCUT2D eigenvalue weighted by Crippen LogP contribution is 2.34. The van der Waals surface area contributed by atoms with Crippen LogP contribution in [0.3, 0.4) is 0 Å². The fraction of sp³-hybridized carbons (Fsp3) is 0.500. The number of carbonyl (C=O) groups excluding carboxylic acids is 2. The first-order chi connectivity index (χ1) is 9.04. The Kier molecular flexibility index (Phi) is 5.03. The Balaban J connectivity index is 2.22. The Morgan fingerprint density at radius 2 is 2.16 bits per heavy atom. The summed E-state index contributed by atoms with van der Waals surface area (Å²) in [5.74, 6) is -0.436. The molecule has 2 rings (SSSR count). The van der Waals surface area contributed by atoms with E-state index in [0.717, 1.165) is 21.1 Å². The molecule has 0 aromatic carbocycles. The molecule has 1 atom stereocenters. The third-order valence-electron chi connectivity index (χ3n) is 3.09. The van der Waals surface area contributed by atoms with Gasteiger partial charge in [0.1, 0.15) is 6.04 Å². The third-order valence-corrected chi connectivity index (χ3v) is 6.34. The SMILES string of the molecule is COC(=O)C1CCCCN1C(=O)c1cc(Br)c(Br)s1. The normalized spacial score (nSPS) is 19.3. The van der Waals surface area contributed by atoms with E-state index in [1.807, 2.05) is 0 Å². The van der Waals surface area contributed by atoms with Crippen molar-refractivity contribution in [2.75, 3.05) is 13.7 Å². The van der Waals surface area contributed by atoms with E-state index in [9.17, 15) is 9.59 Å². The van der Waals surface area contributed by atoms with Gasteiger partial charge in [0.2, 0.25) is 0 Å². The zero-order valence-corrected chi connectivity index (χ0v) is 14.3. The zero-order valence-electron chi connectivity index (χ0n) is 10.3. The Hall–Kier alpha value is -0.400. The molecule has 1 amide bonds. The lowest BCUT2D eigenvalue weighted by atomic mass is 10.0. The van der Waals surface area contributed by atoms with Crippen molar-refractivity contribution >= 4 is 55.1 Å². The van der Waals surface area contributed by atoms with Crippen molar-refractivity contribution in [2.45, 2.75) is 25.3 Å². The summed E-state index contributed by atoms with van der Waals surface area (Å²) in [4.78, 5) is 26.5. The largest absolute Gasteiger partial charge is 0.467 e. The lowest BCUT2D eigenvalue weighted by molar-refractivity contribution is -0.147. The van der Waals surface area contributed by atoms with Crippen LogP contribution in [0.25, 0.3) is 0 Å². The van der Waals surface area contributed by atoms with Gasteiger partial charge in [-0.3, -0.25) is 4.79 Å². The maximum atomic E-state index is 12.5. The number of hydrogen-bond donors (Lipinski definition) is 0. The first kappa shape index (κ1) is 15.0. The Morgan fingerprint density at radius 3 is 2.74 bits per heavy atom. The molecule has 0 N–H and O–H groups in total. The molecule has 1 aromatic heterocycles. The number of hydrogen-bond acceptors (Lipinski definition) is 4. The second kappa shape index (κ2) is 6.37. The number of esters is 1. The van der Waals surface area contributed by atoms with Gasteiger partial charge in [0.05, 0.1) is 15.8 Å². The first-order valence-corrected chi connectivity index (χ1v) is 8.28. The number of piperidine rings is 1. The van der Waals surface area contributed by atoms with Gasteiger partial charge >= 0.3 is 5.97 Å². The number of thiophene rings is 1. The number of likely N-dealkylation sites (tertiary alicyclic amines) is 1. The van der Waals surface area contributed by atoms with Gasteiger partial charge in [-0.15, -0.1) is 11.3 Å². The number of ether oxygens (including phenoxy) is 1. The molecule has 19 heavy (non-hydrogen) atoms. The van der Waals surface area contributed by atoms with Gasteiger partial charge < -0.3 is 9.64 Å². The van der Waals surface area contributed by atoms with E-state index >= 15 is 0 Å². The van der Waals surface area contributed by atoms with Crippen LogP contribution in [0.4, 0.5) is 0 Å². The molecular weight excluding hydrogens is 398 g/mol. The van der Waals surface area contributed by atoms with Gasteiger partial charge in [0, 0.05) is 11.0 Å². The Morgan fingerprint density at radius 1 is 1.42 bits per heavy atom. The lowest BCUT2D eigenvalue weighted by Gasteiger charge is -2.33. The van der Waals surface area contributed by atoms with Crippen molar-refractivity contribution in [3.63, 3.8) is 0 Å². The van der Waals surface area contributed by atoms with Crippen LogP contribution in [0.2, 0.25) is 0 Å². The van der Waals surface area contributed by atoms with Crippen molar-refractivity contribution in [2.24, 2.45) is 0 Å². The Labute approximate surface area is 132 Å². The lowest BCUT2D eigenvalue weighted by Crippen LogP contribution is -2.48. The molecule has 1 aliphatic rings. The predicted octanol–water partition coefficient (Wildman–Crippen LogP) is 3.44. The highest BCUT2D eigenvalue weighted by Gasteiger charge is 2.34. The molecule has 0 radical (unpaired) electrons. The van der Waals surface area contributed by atoms with E-state index in [-0.39, 0.29) is 11.9 Å². The molecule has 104 valence electrons. The first-order valence-electron chi connectivity index (χ1n) is 5.88. The van der Waals surface area contributed by atoms with Gasteiger partial charge in [0.25, 0.3) is 5.91 Å². The van der Waals surface area contributed by atoms with E-state index in [1.54, 1.807) is 11.0 Å². The van der Waals surface area contributed by atoms with Crippen LogP contribution in [0.5, 0.6) is 0 Å². The average Bonchev–Trinajstić information content (AvgIpc) is 2.77. The maximum Gasteiger partial charge on any atom is 0.328 e. The zero-order chi connectivity index (χ0) is 14.0. The summed E-state index contributed by atoms with van der Waals surface area (Å²) in [7, 11) is 1.36. The molecule has 0 spiro atoms. The number of amides is 1. The topological polar surface area (TPSA) is 46.6 Å². The molecule has 0 aliphatic carbocycles. The molecule has 4 nitrogen and oxygen atoms in total. The number of halogens is 2. The standard InChI is InChI=1S/C12H13Br2NO3S/c1-18-12(17)8-4-2-3-5-15(8)11(16)9-6-7(13)10(14)19-9/h6,8H,2-5H2,1H3. The number of methoxy groups -OCH3 is 1. The second-order valence-corrected chi connectivity index (χ2v) is 7.49. The summed E-state index contributed by atoms with van der Waals surface area (Å²) < 4.78 is 6.52. The summed E-state index contributed by atoms with van der Waals surface area (Å²) in [5, 5.41) is 0. The minimum absolute atomic E-state index is 0.105. The van der Waals surface area contributed by atoms with Crippen LogP contribution in [-0.4, -0.2) is 36.5 Å². The predicted molar refractivity (Wildman–Crippen MR) is 80.4 cm³/mol. The van der Waals surface area contributed by atoms with Crippen LogP contribution < -0.4 is 0 Å². The minimum Gasteiger partial charge on any atom is -0.467 e. The van der Waals surface area contributed by atoms with Gasteiger partial charge in [-0.1, -0.05) is 0 Å². The molecular formula is C12H13Br2NO3S. The summed E-state index contributed by atoms with van der Waals surface area (Å²) in [5.41, 5.74) is 0. The third kappa shape index (κ3) is 3.20. The van der Waals surface area contributed by atoms with Crippen molar-refractivity contribution in [3.05, 3.63) is 19.2 Å². The molecule has 0 saturated carbocycles. The van der Waals surface area contributed by atoms with Crippen LogP contribution in [0, 0.1) is 0 Å². The fourth-order valence-corrected chi connectivity index (χ4v) is 4.14. The van der Waals surface area contributed by atoms with Gasteiger partial charge in [-0.2, -0.15) is 0 Å². The smallest absolute Gasteiger partial charge is 0.328 e. The minimum atomic E-state index is -0.453. The molecule has 1 aromatic rings. The van der Waals surface area contributed by atoms with E-state index in [1.165, 1.54) is 18.4 Å². The highest BCUT2D eigenvalue weighted by atomic mass is 79.9. The molecule has 1 fully saturated rings. The summed E-state index contributed by atoms with van der Waals surface area (Å²) >= 11 is 8.11.